The predicted octanol–water partition coefficient (Wildman–Crippen LogP) is 3.04. The Morgan fingerprint density at radius 1 is 1.37 bits per heavy atom. The number of aliphatic hydroxyl groups is 1. The van der Waals surface area contributed by atoms with Gasteiger partial charge in [-0.1, -0.05) is 25.0 Å². The van der Waals surface area contributed by atoms with Crippen LogP contribution in [0, 0.1) is 5.82 Å². The first kappa shape index (κ1) is 14.5. The minimum atomic E-state index is -0.493. The van der Waals surface area contributed by atoms with Crippen molar-refractivity contribution in [2.45, 2.75) is 57.1 Å². The zero-order valence-corrected chi connectivity index (χ0v) is 11.7. The summed E-state index contributed by atoms with van der Waals surface area (Å²) in [6, 6.07) is 7.12. The third-order valence-corrected chi connectivity index (χ3v) is 4.07. The smallest absolute Gasteiger partial charge is 0.123 e. The molecule has 1 aliphatic rings. The molecule has 0 bridgehead atoms. The Balaban J connectivity index is 1.71. The van der Waals surface area contributed by atoms with E-state index < -0.39 is 5.60 Å². The first-order valence-electron chi connectivity index (χ1n) is 7.28. The number of benzene rings is 1. The van der Waals surface area contributed by atoms with Crippen molar-refractivity contribution in [1.29, 1.82) is 0 Å². The summed E-state index contributed by atoms with van der Waals surface area (Å²) < 4.78 is 13.0. The highest BCUT2D eigenvalue weighted by molar-refractivity contribution is 5.16. The first-order valence-corrected chi connectivity index (χ1v) is 7.28. The lowest BCUT2D eigenvalue weighted by Crippen LogP contribution is -2.41. The van der Waals surface area contributed by atoms with Gasteiger partial charge in [-0.2, -0.15) is 0 Å². The molecule has 2 N–H and O–H groups in total. The summed E-state index contributed by atoms with van der Waals surface area (Å²) >= 11 is 0. The van der Waals surface area contributed by atoms with Gasteiger partial charge in [0, 0.05) is 12.6 Å². The molecule has 1 unspecified atom stereocenters. The molecule has 3 heteroatoms. The average molecular weight is 265 g/mol. The third-order valence-electron chi connectivity index (χ3n) is 4.07. The molecular weight excluding hydrogens is 241 g/mol. The number of rotatable bonds is 6. The van der Waals surface area contributed by atoms with Crippen LogP contribution in [0.5, 0.6) is 0 Å². The minimum Gasteiger partial charge on any atom is -0.389 e. The molecule has 0 heterocycles. The largest absolute Gasteiger partial charge is 0.389 e. The van der Waals surface area contributed by atoms with E-state index in [0.717, 1.165) is 44.1 Å². The molecule has 0 amide bonds. The van der Waals surface area contributed by atoms with Gasteiger partial charge in [0.2, 0.25) is 0 Å². The number of hydrogen-bond donors (Lipinski definition) is 2. The second kappa shape index (κ2) is 6.49. The molecule has 0 aliphatic heterocycles. The summed E-state index contributed by atoms with van der Waals surface area (Å²) in [7, 11) is 0. The summed E-state index contributed by atoms with van der Waals surface area (Å²) in [4.78, 5) is 0. The van der Waals surface area contributed by atoms with Gasteiger partial charge in [0.1, 0.15) is 5.82 Å². The van der Waals surface area contributed by atoms with Crippen LogP contribution in [-0.2, 0) is 6.42 Å². The van der Waals surface area contributed by atoms with E-state index in [1.54, 1.807) is 12.1 Å². The van der Waals surface area contributed by atoms with Crippen LogP contribution in [-0.4, -0.2) is 23.3 Å². The maximum Gasteiger partial charge on any atom is 0.123 e. The first-order chi connectivity index (χ1) is 9.07. The van der Waals surface area contributed by atoms with Gasteiger partial charge in [-0.15, -0.1) is 0 Å². The highest BCUT2D eigenvalue weighted by Gasteiger charge is 2.30. The summed E-state index contributed by atoms with van der Waals surface area (Å²) in [6.45, 7) is 2.80. The summed E-state index contributed by atoms with van der Waals surface area (Å²) in [5, 5.41) is 13.7. The van der Waals surface area contributed by atoms with Crippen molar-refractivity contribution in [3.8, 4) is 0 Å². The van der Waals surface area contributed by atoms with E-state index in [9.17, 15) is 9.50 Å². The summed E-state index contributed by atoms with van der Waals surface area (Å²) in [5.74, 6) is -0.168. The number of hydrogen-bond acceptors (Lipinski definition) is 2. The summed E-state index contributed by atoms with van der Waals surface area (Å²) in [6.07, 6.45) is 5.92. The van der Waals surface area contributed by atoms with E-state index in [1.165, 1.54) is 6.07 Å². The highest BCUT2D eigenvalue weighted by atomic mass is 19.1. The topological polar surface area (TPSA) is 32.3 Å². The van der Waals surface area contributed by atoms with Crippen molar-refractivity contribution in [2.24, 2.45) is 0 Å². The fourth-order valence-corrected chi connectivity index (χ4v) is 2.75. The Morgan fingerprint density at radius 2 is 2.11 bits per heavy atom. The molecule has 0 saturated heterocycles. The van der Waals surface area contributed by atoms with Gasteiger partial charge in [-0.25, -0.2) is 4.39 Å². The Bertz CT molecular complexity index is 401. The summed E-state index contributed by atoms with van der Waals surface area (Å²) in [5.41, 5.74) is 0.542. The molecule has 1 saturated carbocycles. The lowest BCUT2D eigenvalue weighted by Gasteiger charge is -2.25. The molecule has 0 radical (unpaired) electrons. The average Bonchev–Trinajstić information content (AvgIpc) is 2.82. The highest BCUT2D eigenvalue weighted by Crippen LogP contribution is 2.28. The van der Waals surface area contributed by atoms with Crippen LogP contribution in [0.15, 0.2) is 24.3 Å². The molecule has 106 valence electrons. The fraction of sp³-hybridized carbons (Fsp3) is 0.625. The van der Waals surface area contributed by atoms with Gasteiger partial charge >= 0.3 is 0 Å². The molecule has 19 heavy (non-hydrogen) atoms. The van der Waals surface area contributed by atoms with Crippen LogP contribution >= 0.6 is 0 Å². The van der Waals surface area contributed by atoms with Gasteiger partial charge in [0.25, 0.3) is 0 Å². The van der Waals surface area contributed by atoms with E-state index in [-0.39, 0.29) is 5.82 Å². The van der Waals surface area contributed by atoms with Crippen LogP contribution in [0.25, 0.3) is 0 Å². The van der Waals surface area contributed by atoms with Crippen molar-refractivity contribution in [3.63, 3.8) is 0 Å². The molecule has 1 aromatic carbocycles. The van der Waals surface area contributed by atoms with E-state index in [2.05, 4.69) is 12.2 Å². The van der Waals surface area contributed by atoms with Gasteiger partial charge in [-0.05, 0) is 50.3 Å². The predicted molar refractivity (Wildman–Crippen MR) is 75.6 cm³/mol. The van der Waals surface area contributed by atoms with Crippen LogP contribution in [0.1, 0.15) is 44.6 Å². The molecule has 1 aromatic rings. The van der Waals surface area contributed by atoms with Crippen LogP contribution in [0.4, 0.5) is 4.39 Å². The van der Waals surface area contributed by atoms with Crippen molar-refractivity contribution in [1.82, 2.24) is 5.32 Å². The molecule has 0 aromatic heterocycles. The fourth-order valence-electron chi connectivity index (χ4n) is 2.75. The molecule has 2 rings (SSSR count). The van der Waals surface area contributed by atoms with E-state index in [0.29, 0.717) is 12.6 Å². The normalized spacial score (nSPS) is 19.5. The maximum atomic E-state index is 13.0. The second-order valence-corrected chi connectivity index (χ2v) is 5.88. The second-order valence-electron chi connectivity index (χ2n) is 5.88. The Kier molecular flexibility index (Phi) is 4.94. The lowest BCUT2D eigenvalue weighted by molar-refractivity contribution is 0.0451. The maximum absolute atomic E-state index is 13.0. The Morgan fingerprint density at radius 3 is 2.79 bits per heavy atom. The van der Waals surface area contributed by atoms with E-state index >= 15 is 0 Å². The van der Waals surface area contributed by atoms with Gasteiger partial charge in [0.15, 0.2) is 0 Å². The van der Waals surface area contributed by atoms with Crippen LogP contribution in [0.3, 0.4) is 0 Å². The van der Waals surface area contributed by atoms with Crippen molar-refractivity contribution >= 4 is 0 Å². The van der Waals surface area contributed by atoms with Gasteiger partial charge in [0.05, 0.1) is 5.60 Å². The van der Waals surface area contributed by atoms with Crippen LogP contribution < -0.4 is 5.32 Å². The van der Waals surface area contributed by atoms with Crippen molar-refractivity contribution in [2.75, 3.05) is 6.54 Å². The molecule has 0 spiro atoms. The number of nitrogens with one attached hydrogen (secondary N) is 1. The quantitative estimate of drug-likeness (QED) is 0.828. The molecular formula is C16H24FNO. The van der Waals surface area contributed by atoms with Gasteiger partial charge < -0.3 is 10.4 Å². The van der Waals surface area contributed by atoms with Crippen LogP contribution in [0.2, 0.25) is 0 Å². The minimum absolute atomic E-state index is 0.168. The van der Waals surface area contributed by atoms with Crippen molar-refractivity contribution in [3.05, 3.63) is 35.6 Å². The standard InChI is InChI=1S/C16H24FNO/c1-13(18-12-16(19)9-2-3-10-16)7-8-14-5-4-6-15(17)11-14/h4-6,11,13,18-19H,2-3,7-10,12H2,1H3. The Labute approximate surface area is 115 Å². The molecule has 1 aliphatic carbocycles. The van der Waals surface area contributed by atoms with E-state index in [4.69, 9.17) is 0 Å². The molecule has 2 nitrogen and oxygen atoms in total. The molecule has 1 atom stereocenters. The monoisotopic (exact) mass is 265 g/mol. The third kappa shape index (κ3) is 4.59. The van der Waals surface area contributed by atoms with Gasteiger partial charge in [-0.3, -0.25) is 0 Å². The van der Waals surface area contributed by atoms with E-state index in [1.807, 2.05) is 6.07 Å². The zero-order valence-electron chi connectivity index (χ0n) is 11.7. The number of aryl methyl sites for hydroxylation is 1. The van der Waals surface area contributed by atoms with Crippen molar-refractivity contribution < 1.29 is 9.50 Å². The molecule has 1 fully saturated rings. The SMILES string of the molecule is CC(CCc1cccc(F)c1)NCC1(O)CCCC1. The lowest BCUT2D eigenvalue weighted by atomic mass is 10.0. The zero-order chi connectivity index (χ0) is 13.7. The number of halogens is 1. The Hall–Kier alpha value is -0.930.